The molecule has 0 aromatic heterocycles. The average molecular weight is 283 g/mol. The third-order valence-electron chi connectivity index (χ3n) is 3.36. The van der Waals surface area contributed by atoms with Crippen molar-refractivity contribution in [3.8, 4) is 0 Å². The summed E-state index contributed by atoms with van der Waals surface area (Å²) in [4.78, 5) is 0. The van der Waals surface area contributed by atoms with Crippen LogP contribution in [0.25, 0.3) is 0 Å². The summed E-state index contributed by atoms with van der Waals surface area (Å²) >= 11 is 0. The van der Waals surface area contributed by atoms with E-state index in [1.165, 1.54) is 12.1 Å². The van der Waals surface area contributed by atoms with Crippen molar-refractivity contribution in [2.75, 3.05) is 6.54 Å². The number of rotatable bonds is 7. The maximum absolute atomic E-state index is 13.6. The third kappa shape index (κ3) is 6.47. The van der Waals surface area contributed by atoms with Gasteiger partial charge in [-0.05, 0) is 76.8 Å². The Morgan fingerprint density at radius 2 is 1.60 bits per heavy atom. The second-order valence-electron chi connectivity index (χ2n) is 6.53. The van der Waals surface area contributed by atoms with E-state index < -0.39 is 0 Å². The van der Waals surface area contributed by atoms with Crippen LogP contribution in [0.4, 0.5) is 8.78 Å². The van der Waals surface area contributed by atoms with Gasteiger partial charge in [0, 0.05) is 5.54 Å². The zero-order valence-corrected chi connectivity index (χ0v) is 13.2. The number of unbranched alkanes of at least 4 members (excludes halogenated alkanes) is 3. The molecule has 1 rings (SSSR count). The lowest BCUT2D eigenvalue weighted by molar-refractivity contribution is 0.416. The molecule has 0 aliphatic heterocycles. The molecule has 3 heteroatoms. The zero-order valence-electron chi connectivity index (χ0n) is 13.2. The van der Waals surface area contributed by atoms with Crippen LogP contribution >= 0.6 is 0 Å². The highest BCUT2D eigenvalue weighted by molar-refractivity contribution is 5.25. The summed E-state index contributed by atoms with van der Waals surface area (Å²) in [5.41, 5.74) is 1.04. The van der Waals surface area contributed by atoms with Crippen molar-refractivity contribution >= 4 is 0 Å². The third-order valence-corrected chi connectivity index (χ3v) is 3.36. The Morgan fingerprint density at radius 1 is 0.950 bits per heavy atom. The molecule has 0 atom stereocenters. The number of aryl methyl sites for hydroxylation is 2. The molecule has 0 bridgehead atoms. The number of hydrogen-bond donors (Lipinski definition) is 1. The molecule has 1 N–H and O–H groups in total. The van der Waals surface area contributed by atoms with Gasteiger partial charge in [0.15, 0.2) is 0 Å². The minimum absolute atomic E-state index is 0.169. The number of halogens is 2. The van der Waals surface area contributed by atoms with Gasteiger partial charge in [0.25, 0.3) is 0 Å². The van der Waals surface area contributed by atoms with Crippen LogP contribution in [0.1, 0.15) is 57.6 Å². The highest BCUT2D eigenvalue weighted by atomic mass is 19.1. The summed E-state index contributed by atoms with van der Waals surface area (Å²) in [5.74, 6) is -0.589. The Hall–Kier alpha value is -0.960. The summed E-state index contributed by atoms with van der Waals surface area (Å²) in [6.07, 6.45) is 4.84. The van der Waals surface area contributed by atoms with Crippen LogP contribution in [0.2, 0.25) is 0 Å². The summed E-state index contributed by atoms with van der Waals surface area (Å²) in [7, 11) is 0. The highest BCUT2D eigenvalue weighted by Crippen LogP contribution is 2.17. The van der Waals surface area contributed by atoms with Crippen LogP contribution in [-0.4, -0.2) is 12.1 Å². The summed E-state index contributed by atoms with van der Waals surface area (Å²) in [6.45, 7) is 9.06. The quantitative estimate of drug-likeness (QED) is 0.711. The first-order chi connectivity index (χ1) is 9.29. The van der Waals surface area contributed by atoms with Crippen LogP contribution in [0.3, 0.4) is 0 Å². The van der Waals surface area contributed by atoms with E-state index in [-0.39, 0.29) is 17.2 Å². The molecule has 0 fully saturated rings. The molecule has 0 heterocycles. The summed E-state index contributed by atoms with van der Waals surface area (Å²) < 4.78 is 27.0. The Labute approximate surface area is 121 Å². The van der Waals surface area contributed by atoms with Crippen molar-refractivity contribution < 1.29 is 8.78 Å². The van der Waals surface area contributed by atoms with Gasteiger partial charge in [-0.2, -0.15) is 0 Å². The van der Waals surface area contributed by atoms with Crippen LogP contribution in [-0.2, 0) is 6.42 Å². The average Bonchev–Trinajstić information content (AvgIpc) is 2.32. The molecule has 0 spiro atoms. The van der Waals surface area contributed by atoms with Gasteiger partial charge in [-0.1, -0.05) is 12.8 Å². The maximum Gasteiger partial charge on any atom is 0.126 e. The fourth-order valence-electron chi connectivity index (χ4n) is 2.14. The fraction of sp³-hybridized carbons (Fsp3) is 0.647. The maximum atomic E-state index is 13.6. The van der Waals surface area contributed by atoms with Gasteiger partial charge in [0.1, 0.15) is 11.6 Å². The number of benzene rings is 1. The SMILES string of the molecule is Cc1cc(F)c(CCCCCCNC(C)(C)C)cc1F. The van der Waals surface area contributed by atoms with E-state index in [1.54, 1.807) is 6.92 Å². The lowest BCUT2D eigenvalue weighted by Gasteiger charge is -2.20. The van der Waals surface area contributed by atoms with Crippen molar-refractivity contribution in [3.63, 3.8) is 0 Å². The standard InChI is InChI=1S/C17H27F2N/c1-13-11-16(19)14(12-15(13)18)9-7-5-6-8-10-20-17(2,3)4/h11-12,20H,5-10H2,1-4H3. The van der Waals surface area contributed by atoms with Gasteiger partial charge >= 0.3 is 0 Å². The molecule has 0 amide bonds. The van der Waals surface area contributed by atoms with Gasteiger partial charge in [0.2, 0.25) is 0 Å². The van der Waals surface area contributed by atoms with E-state index in [1.807, 2.05) is 0 Å². The van der Waals surface area contributed by atoms with Gasteiger partial charge in [0.05, 0.1) is 0 Å². The highest BCUT2D eigenvalue weighted by Gasteiger charge is 2.08. The van der Waals surface area contributed by atoms with Crippen molar-refractivity contribution in [2.45, 2.75) is 65.3 Å². The van der Waals surface area contributed by atoms with Crippen molar-refractivity contribution in [2.24, 2.45) is 0 Å². The Balaban J connectivity index is 2.20. The van der Waals surface area contributed by atoms with E-state index in [9.17, 15) is 8.78 Å². The molecule has 0 unspecified atom stereocenters. The molecule has 1 nitrogen and oxygen atoms in total. The number of hydrogen-bond acceptors (Lipinski definition) is 1. The molecule has 1 aromatic rings. The smallest absolute Gasteiger partial charge is 0.126 e. The van der Waals surface area contributed by atoms with Gasteiger partial charge in [-0.15, -0.1) is 0 Å². The molecule has 0 aliphatic rings. The largest absolute Gasteiger partial charge is 0.312 e. The Kier molecular flexibility index (Phi) is 6.60. The second kappa shape index (κ2) is 7.72. The Morgan fingerprint density at radius 3 is 2.25 bits per heavy atom. The Bertz CT molecular complexity index is 422. The molecule has 114 valence electrons. The van der Waals surface area contributed by atoms with Crippen LogP contribution in [0, 0.1) is 18.6 Å². The summed E-state index contributed by atoms with van der Waals surface area (Å²) in [6, 6.07) is 2.63. The van der Waals surface area contributed by atoms with Gasteiger partial charge < -0.3 is 5.32 Å². The lowest BCUT2D eigenvalue weighted by Crippen LogP contribution is -2.36. The molecule has 20 heavy (non-hydrogen) atoms. The lowest BCUT2D eigenvalue weighted by atomic mass is 10.0. The first-order valence-corrected chi connectivity index (χ1v) is 7.49. The normalized spacial score (nSPS) is 11.9. The molecule has 1 aromatic carbocycles. The monoisotopic (exact) mass is 283 g/mol. The van der Waals surface area contributed by atoms with E-state index in [0.717, 1.165) is 32.2 Å². The molecule has 0 radical (unpaired) electrons. The van der Waals surface area contributed by atoms with E-state index in [0.29, 0.717) is 17.5 Å². The summed E-state index contributed by atoms with van der Waals surface area (Å²) in [5, 5.41) is 3.44. The van der Waals surface area contributed by atoms with Crippen molar-refractivity contribution in [1.29, 1.82) is 0 Å². The first kappa shape index (κ1) is 17.1. The van der Waals surface area contributed by atoms with Crippen molar-refractivity contribution in [3.05, 3.63) is 34.9 Å². The minimum Gasteiger partial charge on any atom is -0.312 e. The van der Waals surface area contributed by atoms with Gasteiger partial charge in [-0.3, -0.25) is 0 Å². The number of nitrogens with one attached hydrogen (secondary N) is 1. The predicted molar refractivity (Wildman–Crippen MR) is 81.0 cm³/mol. The van der Waals surface area contributed by atoms with E-state index in [2.05, 4.69) is 26.1 Å². The van der Waals surface area contributed by atoms with Gasteiger partial charge in [-0.25, -0.2) is 8.78 Å². The topological polar surface area (TPSA) is 12.0 Å². The minimum atomic E-state index is -0.309. The molecule has 0 saturated carbocycles. The van der Waals surface area contributed by atoms with E-state index in [4.69, 9.17) is 0 Å². The second-order valence-corrected chi connectivity index (χ2v) is 6.53. The van der Waals surface area contributed by atoms with Crippen LogP contribution in [0.5, 0.6) is 0 Å². The predicted octanol–water partition coefficient (Wildman–Crippen LogP) is 4.76. The van der Waals surface area contributed by atoms with Crippen LogP contribution < -0.4 is 5.32 Å². The molecular formula is C17H27F2N. The van der Waals surface area contributed by atoms with Crippen LogP contribution in [0.15, 0.2) is 12.1 Å². The van der Waals surface area contributed by atoms with E-state index >= 15 is 0 Å². The van der Waals surface area contributed by atoms with Crippen molar-refractivity contribution in [1.82, 2.24) is 5.32 Å². The molecular weight excluding hydrogens is 256 g/mol. The fourth-order valence-corrected chi connectivity index (χ4v) is 2.14. The molecule has 0 aliphatic carbocycles. The zero-order chi connectivity index (χ0) is 15.2. The molecule has 0 saturated heterocycles. The first-order valence-electron chi connectivity index (χ1n) is 7.49.